The predicted octanol–water partition coefficient (Wildman–Crippen LogP) is 3.15. The van der Waals surface area contributed by atoms with Crippen LogP contribution in [0.5, 0.6) is 5.75 Å². The maximum atomic E-state index is 12.1. The summed E-state index contributed by atoms with van der Waals surface area (Å²) in [7, 11) is 1.75. The Kier molecular flexibility index (Phi) is 8.26. The Balaban J connectivity index is 0.00000441. The average Bonchev–Trinajstić information content (AvgIpc) is 2.36. The van der Waals surface area contributed by atoms with Crippen LogP contribution in [0.3, 0.4) is 0 Å². The van der Waals surface area contributed by atoms with Crippen molar-refractivity contribution < 1.29 is 22.7 Å². The van der Waals surface area contributed by atoms with Crippen molar-refractivity contribution >= 4 is 24.0 Å². The van der Waals surface area contributed by atoms with Gasteiger partial charge in [0.25, 0.3) is 0 Å². The summed E-state index contributed by atoms with van der Waals surface area (Å²) >= 11 is 0. The van der Waals surface area contributed by atoms with Gasteiger partial charge in [0.05, 0.1) is 0 Å². The molecule has 1 aromatic carbocycles. The molecule has 0 spiro atoms. The van der Waals surface area contributed by atoms with Gasteiger partial charge in [-0.15, -0.1) is 12.4 Å². The number of carbonyl (C=O) groups excluding carboxylic acids is 1. The molecule has 1 unspecified atom stereocenters. The molecule has 1 amide bonds. The fourth-order valence-corrected chi connectivity index (χ4v) is 1.71. The Labute approximate surface area is 133 Å². The van der Waals surface area contributed by atoms with Crippen LogP contribution in [0.15, 0.2) is 18.2 Å². The highest BCUT2D eigenvalue weighted by molar-refractivity contribution is 5.92. The van der Waals surface area contributed by atoms with Gasteiger partial charge < -0.3 is 15.4 Å². The van der Waals surface area contributed by atoms with Gasteiger partial charge in [-0.3, -0.25) is 4.79 Å². The lowest BCUT2D eigenvalue weighted by atomic mass is 10.1. The van der Waals surface area contributed by atoms with Crippen LogP contribution in [0.1, 0.15) is 12.5 Å². The molecule has 0 heterocycles. The van der Waals surface area contributed by atoms with Crippen LogP contribution >= 0.6 is 12.4 Å². The smallest absolute Gasteiger partial charge is 0.422 e. The molecule has 126 valence electrons. The second-order valence-electron chi connectivity index (χ2n) is 4.83. The molecule has 2 N–H and O–H groups in total. The maximum absolute atomic E-state index is 12.1. The van der Waals surface area contributed by atoms with Gasteiger partial charge in [0.1, 0.15) is 5.75 Å². The fourth-order valence-electron chi connectivity index (χ4n) is 1.71. The summed E-state index contributed by atoms with van der Waals surface area (Å²) in [5, 5.41) is 5.61. The lowest BCUT2D eigenvalue weighted by Crippen LogP contribution is -2.28. The highest BCUT2D eigenvalue weighted by atomic mass is 35.5. The van der Waals surface area contributed by atoms with Crippen LogP contribution in [-0.4, -0.2) is 32.3 Å². The number of benzene rings is 1. The third kappa shape index (κ3) is 7.00. The molecule has 0 bridgehead atoms. The first-order chi connectivity index (χ1) is 9.73. The minimum absolute atomic E-state index is 0. The van der Waals surface area contributed by atoms with Crippen molar-refractivity contribution in [1.29, 1.82) is 0 Å². The van der Waals surface area contributed by atoms with E-state index in [0.29, 0.717) is 17.8 Å². The second-order valence-corrected chi connectivity index (χ2v) is 4.83. The largest absolute Gasteiger partial charge is 0.484 e. The Morgan fingerprint density at radius 1 is 1.36 bits per heavy atom. The van der Waals surface area contributed by atoms with Crippen molar-refractivity contribution in [2.45, 2.75) is 20.0 Å². The van der Waals surface area contributed by atoms with Crippen molar-refractivity contribution in [1.82, 2.24) is 5.32 Å². The van der Waals surface area contributed by atoms with Crippen LogP contribution in [0.4, 0.5) is 18.9 Å². The molecule has 8 heteroatoms. The van der Waals surface area contributed by atoms with Gasteiger partial charge in [0, 0.05) is 18.2 Å². The molecule has 0 saturated carbocycles. The fraction of sp³-hybridized carbons (Fsp3) is 0.500. The average molecular weight is 341 g/mol. The van der Waals surface area contributed by atoms with Crippen LogP contribution in [-0.2, 0) is 4.79 Å². The van der Waals surface area contributed by atoms with Crippen LogP contribution in [0, 0.1) is 12.8 Å². The van der Waals surface area contributed by atoms with Gasteiger partial charge in [-0.05, 0) is 37.7 Å². The maximum Gasteiger partial charge on any atom is 0.422 e. The van der Waals surface area contributed by atoms with Crippen LogP contribution in [0.25, 0.3) is 0 Å². The van der Waals surface area contributed by atoms with Gasteiger partial charge in [0.15, 0.2) is 6.61 Å². The number of nitrogens with one attached hydrogen (secondary N) is 2. The standard InChI is InChI=1S/C14H19F3N2O2.ClH/c1-9-6-11(19-13(20)10(2)7-18-3)4-5-12(9)21-8-14(15,16)17;/h4-6,10,18H,7-8H2,1-3H3,(H,19,20);1H. The number of ether oxygens (including phenoxy) is 1. The third-order valence-corrected chi connectivity index (χ3v) is 2.79. The number of aryl methyl sites for hydroxylation is 1. The summed E-state index contributed by atoms with van der Waals surface area (Å²) in [5.41, 5.74) is 1.05. The topological polar surface area (TPSA) is 50.4 Å². The number of anilines is 1. The summed E-state index contributed by atoms with van der Waals surface area (Å²) in [6, 6.07) is 4.51. The summed E-state index contributed by atoms with van der Waals surface area (Å²) < 4.78 is 41.0. The number of rotatable bonds is 6. The van der Waals surface area contributed by atoms with E-state index in [1.807, 2.05) is 0 Å². The lowest BCUT2D eigenvalue weighted by molar-refractivity contribution is -0.153. The first-order valence-electron chi connectivity index (χ1n) is 6.48. The number of hydrogen-bond donors (Lipinski definition) is 2. The zero-order valence-corrected chi connectivity index (χ0v) is 13.4. The van der Waals surface area contributed by atoms with E-state index in [-0.39, 0.29) is 30.0 Å². The highest BCUT2D eigenvalue weighted by Gasteiger charge is 2.28. The van der Waals surface area contributed by atoms with Gasteiger partial charge in [-0.1, -0.05) is 6.92 Å². The number of carbonyl (C=O) groups is 1. The summed E-state index contributed by atoms with van der Waals surface area (Å²) in [6.07, 6.45) is -4.37. The van der Waals surface area contributed by atoms with Gasteiger partial charge in [0.2, 0.25) is 5.91 Å². The van der Waals surface area contributed by atoms with Gasteiger partial charge >= 0.3 is 6.18 Å². The van der Waals surface area contributed by atoms with Gasteiger partial charge in [-0.25, -0.2) is 0 Å². The lowest BCUT2D eigenvalue weighted by Gasteiger charge is -2.14. The monoisotopic (exact) mass is 340 g/mol. The van der Waals surface area contributed by atoms with E-state index in [2.05, 4.69) is 10.6 Å². The third-order valence-electron chi connectivity index (χ3n) is 2.79. The van der Waals surface area contributed by atoms with Crippen molar-refractivity contribution in [2.75, 3.05) is 25.5 Å². The zero-order chi connectivity index (χ0) is 16.0. The summed E-state index contributed by atoms with van der Waals surface area (Å²) in [4.78, 5) is 11.8. The number of halogens is 4. The van der Waals surface area contributed by atoms with E-state index in [1.165, 1.54) is 12.1 Å². The quantitative estimate of drug-likeness (QED) is 0.836. The van der Waals surface area contributed by atoms with E-state index in [0.717, 1.165) is 0 Å². The first kappa shape index (κ1) is 20.5. The molecular weight excluding hydrogens is 321 g/mol. The van der Waals surface area contributed by atoms with E-state index in [4.69, 9.17) is 4.74 Å². The van der Waals surface area contributed by atoms with Crippen molar-refractivity contribution in [2.24, 2.45) is 5.92 Å². The molecule has 0 saturated heterocycles. The minimum Gasteiger partial charge on any atom is -0.484 e. The normalized spacial score (nSPS) is 12.3. The molecule has 0 aliphatic rings. The van der Waals surface area contributed by atoms with E-state index >= 15 is 0 Å². The minimum atomic E-state index is -4.37. The molecule has 1 rings (SSSR count). The molecule has 4 nitrogen and oxygen atoms in total. The van der Waals surface area contributed by atoms with Crippen molar-refractivity contribution in [3.63, 3.8) is 0 Å². The molecule has 0 aliphatic carbocycles. The van der Waals surface area contributed by atoms with E-state index in [1.54, 1.807) is 27.0 Å². The molecule has 1 aromatic rings. The Hall–Kier alpha value is -1.47. The zero-order valence-electron chi connectivity index (χ0n) is 12.6. The van der Waals surface area contributed by atoms with E-state index in [9.17, 15) is 18.0 Å². The summed E-state index contributed by atoms with van der Waals surface area (Å²) in [6.45, 7) is 2.61. The molecular formula is C14H20ClF3N2O2. The Bertz CT molecular complexity index is 495. The number of hydrogen-bond acceptors (Lipinski definition) is 3. The Morgan fingerprint density at radius 2 is 2.00 bits per heavy atom. The van der Waals surface area contributed by atoms with Crippen LogP contribution < -0.4 is 15.4 Å². The summed E-state index contributed by atoms with van der Waals surface area (Å²) in [5.74, 6) is -0.224. The second kappa shape index (κ2) is 8.85. The predicted molar refractivity (Wildman–Crippen MR) is 81.7 cm³/mol. The van der Waals surface area contributed by atoms with E-state index < -0.39 is 12.8 Å². The van der Waals surface area contributed by atoms with Crippen LogP contribution in [0.2, 0.25) is 0 Å². The number of alkyl halides is 3. The first-order valence-corrected chi connectivity index (χ1v) is 6.48. The molecule has 0 radical (unpaired) electrons. The number of amides is 1. The van der Waals surface area contributed by atoms with Crippen molar-refractivity contribution in [3.8, 4) is 5.75 Å². The molecule has 1 atom stereocenters. The molecule has 0 aromatic heterocycles. The molecule has 0 fully saturated rings. The Morgan fingerprint density at radius 3 is 2.50 bits per heavy atom. The molecule has 22 heavy (non-hydrogen) atoms. The highest BCUT2D eigenvalue weighted by Crippen LogP contribution is 2.24. The molecule has 0 aliphatic heterocycles. The van der Waals surface area contributed by atoms with Gasteiger partial charge in [-0.2, -0.15) is 13.2 Å². The van der Waals surface area contributed by atoms with Crippen molar-refractivity contribution in [3.05, 3.63) is 23.8 Å². The SMILES string of the molecule is CNCC(C)C(=O)Nc1ccc(OCC(F)(F)F)c(C)c1.Cl.